The van der Waals surface area contributed by atoms with Crippen molar-refractivity contribution in [2.45, 2.75) is 13.1 Å². The van der Waals surface area contributed by atoms with Crippen LogP contribution < -0.4 is 0 Å². The van der Waals surface area contributed by atoms with Gasteiger partial charge in [0.15, 0.2) is 5.71 Å². The smallest absolute Gasteiger partial charge is 0.433 e. The first-order valence-corrected chi connectivity index (χ1v) is 3.36. The summed E-state index contributed by atoms with van der Waals surface area (Å²) in [5.74, 6) is -2.30. The van der Waals surface area contributed by atoms with Gasteiger partial charge in [0.2, 0.25) is 0 Å². The zero-order valence-corrected chi connectivity index (χ0v) is 7.40. The maximum absolute atomic E-state index is 12.0. The molecule has 0 atom stereocenters. The Morgan fingerprint density at radius 3 is 2.07 bits per heavy atom. The standard InChI is InChI=1S/C7H8F3NO3/c1-3(12)4(6(13)14-2)5(11)7(8,9)10/h11-12H,1-2H3/b4-3-,11-5?. The topological polar surface area (TPSA) is 70.4 Å². The fourth-order valence-electron chi connectivity index (χ4n) is 0.674. The Labute approximate surface area is 77.5 Å². The molecule has 0 fully saturated rings. The first-order valence-electron chi connectivity index (χ1n) is 3.36. The molecule has 0 aliphatic rings. The Morgan fingerprint density at radius 1 is 1.43 bits per heavy atom. The summed E-state index contributed by atoms with van der Waals surface area (Å²) in [6.45, 7) is 0.868. The maximum Gasteiger partial charge on any atom is 0.433 e. The summed E-state index contributed by atoms with van der Waals surface area (Å²) in [4.78, 5) is 10.8. The van der Waals surface area contributed by atoms with E-state index in [2.05, 4.69) is 4.74 Å². The number of hydrogen-bond donors (Lipinski definition) is 2. The molecule has 0 saturated heterocycles. The molecule has 0 aromatic heterocycles. The lowest BCUT2D eigenvalue weighted by Crippen LogP contribution is -2.29. The second kappa shape index (κ2) is 4.12. The lowest BCUT2D eigenvalue weighted by atomic mass is 10.1. The minimum Gasteiger partial charge on any atom is -0.512 e. The summed E-state index contributed by atoms with van der Waals surface area (Å²) < 4.78 is 39.9. The van der Waals surface area contributed by atoms with Crippen molar-refractivity contribution in [3.05, 3.63) is 11.3 Å². The Kier molecular flexibility index (Phi) is 3.67. The number of alkyl halides is 3. The fraction of sp³-hybridized carbons (Fsp3) is 0.429. The van der Waals surface area contributed by atoms with Gasteiger partial charge in [0.05, 0.1) is 7.11 Å². The summed E-state index contributed by atoms with van der Waals surface area (Å²) in [6.07, 6.45) is -4.99. The monoisotopic (exact) mass is 211 g/mol. The van der Waals surface area contributed by atoms with Crippen LogP contribution in [-0.2, 0) is 9.53 Å². The quantitative estimate of drug-likeness (QED) is 0.315. The number of halogens is 3. The van der Waals surface area contributed by atoms with Gasteiger partial charge in [0.1, 0.15) is 11.3 Å². The van der Waals surface area contributed by atoms with Gasteiger partial charge in [0.25, 0.3) is 0 Å². The molecular weight excluding hydrogens is 203 g/mol. The highest BCUT2D eigenvalue weighted by molar-refractivity contribution is 6.20. The number of nitrogens with one attached hydrogen (secondary N) is 1. The van der Waals surface area contributed by atoms with Gasteiger partial charge in [-0.2, -0.15) is 13.2 Å². The van der Waals surface area contributed by atoms with E-state index < -0.39 is 29.2 Å². The molecule has 0 saturated carbocycles. The highest BCUT2D eigenvalue weighted by Crippen LogP contribution is 2.22. The molecule has 14 heavy (non-hydrogen) atoms. The Balaban J connectivity index is 5.20. The zero-order valence-electron chi connectivity index (χ0n) is 7.40. The highest BCUT2D eigenvalue weighted by Gasteiger charge is 2.40. The summed E-state index contributed by atoms with van der Waals surface area (Å²) in [7, 11) is 0.856. The van der Waals surface area contributed by atoms with Crippen LogP contribution in [0.4, 0.5) is 13.2 Å². The summed E-state index contributed by atoms with van der Waals surface area (Å²) >= 11 is 0. The number of ether oxygens (including phenoxy) is 1. The van der Waals surface area contributed by atoms with Gasteiger partial charge in [-0.25, -0.2) is 4.79 Å². The van der Waals surface area contributed by atoms with Crippen molar-refractivity contribution in [1.29, 1.82) is 5.41 Å². The Hall–Kier alpha value is -1.53. The summed E-state index contributed by atoms with van der Waals surface area (Å²) in [6, 6.07) is 0. The number of rotatable bonds is 2. The maximum atomic E-state index is 12.0. The van der Waals surface area contributed by atoms with Crippen molar-refractivity contribution in [1.82, 2.24) is 0 Å². The first kappa shape index (κ1) is 12.5. The second-order valence-corrected chi connectivity index (χ2v) is 2.32. The Morgan fingerprint density at radius 2 is 1.86 bits per heavy atom. The van der Waals surface area contributed by atoms with E-state index in [1.165, 1.54) is 0 Å². The third-order valence-electron chi connectivity index (χ3n) is 1.28. The molecule has 7 heteroatoms. The van der Waals surface area contributed by atoms with E-state index >= 15 is 0 Å². The van der Waals surface area contributed by atoms with Crippen LogP contribution in [0.3, 0.4) is 0 Å². The lowest BCUT2D eigenvalue weighted by molar-refractivity contribution is -0.136. The van der Waals surface area contributed by atoms with Crippen LogP contribution in [0.5, 0.6) is 0 Å². The largest absolute Gasteiger partial charge is 0.512 e. The minimum absolute atomic E-state index is 0.856. The van der Waals surface area contributed by atoms with Crippen LogP contribution in [0.1, 0.15) is 6.92 Å². The van der Waals surface area contributed by atoms with Crippen LogP contribution in [0, 0.1) is 5.41 Å². The lowest BCUT2D eigenvalue weighted by Gasteiger charge is -2.10. The SMILES string of the molecule is COC(=O)/C(C(=N)C(F)(F)F)=C(/C)O. The van der Waals surface area contributed by atoms with Crippen LogP contribution in [0.2, 0.25) is 0 Å². The molecule has 0 aromatic rings. The van der Waals surface area contributed by atoms with Crippen LogP contribution >= 0.6 is 0 Å². The second-order valence-electron chi connectivity index (χ2n) is 2.32. The van der Waals surface area contributed by atoms with Gasteiger partial charge < -0.3 is 9.84 Å². The van der Waals surface area contributed by atoms with E-state index in [0.717, 1.165) is 14.0 Å². The van der Waals surface area contributed by atoms with Gasteiger partial charge in [0, 0.05) is 0 Å². The number of esters is 1. The predicted molar refractivity (Wildman–Crippen MR) is 41.1 cm³/mol. The average Bonchev–Trinajstić information content (AvgIpc) is 2.01. The molecule has 4 nitrogen and oxygen atoms in total. The molecule has 0 aromatic carbocycles. The molecule has 80 valence electrons. The van der Waals surface area contributed by atoms with Crippen molar-refractivity contribution in [3.8, 4) is 0 Å². The normalized spacial score (nSPS) is 13.2. The third-order valence-corrected chi connectivity index (χ3v) is 1.28. The molecule has 0 unspecified atom stereocenters. The Bertz CT molecular complexity index is 289. The van der Waals surface area contributed by atoms with Crippen LogP contribution in [0.15, 0.2) is 11.3 Å². The highest BCUT2D eigenvalue weighted by atomic mass is 19.4. The van der Waals surface area contributed by atoms with E-state index in [-0.39, 0.29) is 0 Å². The first-order chi connectivity index (χ1) is 6.21. The molecule has 0 aliphatic heterocycles. The zero-order chi connectivity index (χ0) is 11.5. The van der Waals surface area contributed by atoms with Crippen molar-refractivity contribution >= 4 is 11.7 Å². The molecule has 0 heterocycles. The molecule has 0 radical (unpaired) electrons. The number of carbonyl (C=O) groups excluding carboxylic acids is 1. The van der Waals surface area contributed by atoms with Crippen molar-refractivity contribution in [3.63, 3.8) is 0 Å². The van der Waals surface area contributed by atoms with E-state index in [9.17, 15) is 18.0 Å². The van der Waals surface area contributed by atoms with Crippen molar-refractivity contribution < 1.29 is 27.8 Å². The van der Waals surface area contributed by atoms with Gasteiger partial charge in [-0.15, -0.1) is 0 Å². The van der Waals surface area contributed by atoms with Gasteiger partial charge in [-0.3, -0.25) is 5.41 Å². The molecule has 0 bridgehead atoms. The van der Waals surface area contributed by atoms with Gasteiger partial charge in [-0.1, -0.05) is 0 Å². The van der Waals surface area contributed by atoms with Crippen molar-refractivity contribution in [2.24, 2.45) is 0 Å². The summed E-state index contributed by atoms with van der Waals surface area (Å²) in [5, 5.41) is 15.4. The third kappa shape index (κ3) is 2.75. The van der Waals surface area contributed by atoms with Crippen LogP contribution in [-0.4, -0.2) is 30.1 Å². The van der Waals surface area contributed by atoms with E-state index in [1.807, 2.05) is 0 Å². The summed E-state index contributed by atoms with van der Waals surface area (Å²) in [5.41, 5.74) is -3.11. The number of aliphatic hydroxyl groups is 1. The van der Waals surface area contributed by atoms with Crippen molar-refractivity contribution in [2.75, 3.05) is 7.11 Å². The number of methoxy groups -OCH3 is 1. The minimum atomic E-state index is -4.99. The van der Waals surface area contributed by atoms with Gasteiger partial charge >= 0.3 is 12.1 Å². The van der Waals surface area contributed by atoms with E-state index in [1.54, 1.807) is 0 Å². The molecule has 0 spiro atoms. The van der Waals surface area contributed by atoms with E-state index in [4.69, 9.17) is 10.5 Å². The number of allylic oxidation sites excluding steroid dienone is 1. The molecule has 0 rings (SSSR count). The van der Waals surface area contributed by atoms with E-state index in [0.29, 0.717) is 0 Å². The molecule has 0 amide bonds. The predicted octanol–water partition coefficient (Wildman–Crippen LogP) is 1.57. The average molecular weight is 211 g/mol. The van der Waals surface area contributed by atoms with Crippen LogP contribution in [0.25, 0.3) is 0 Å². The fourth-order valence-corrected chi connectivity index (χ4v) is 0.674. The number of carbonyl (C=O) groups is 1. The molecule has 2 N–H and O–H groups in total. The number of hydrogen-bond acceptors (Lipinski definition) is 4. The number of aliphatic hydroxyl groups excluding tert-OH is 1. The molecule has 0 aliphatic carbocycles. The molecular formula is C7H8F3NO3. The van der Waals surface area contributed by atoms with Gasteiger partial charge in [-0.05, 0) is 6.92 Å².